The minimum absolute atomic E-state index is 0.0339. The number of sulfonamides is 1. The van der Waals surface area contributed by atoms with Crippen molar-refractivity contribution >= 4 is 21.8 Å². The maximum Gasteiger partial charge on any atom is 0.248 e. The van der Waals surface area contributed by atoms with E-state index < -0.39 is 38.4 Å². The molecule has 1 aromatic rings. The van der Waals surface area contributed by atoms with Crippen LogP contribution in [0.4, 0.5) is 0 Å². The van der Waals surface area contributed by atoms with Crippen LogP contribution in [0.15, 0.2) is 6.20 Å². The summed E-state index contributed by atoms with van der Waals surface area (Å²) < 4.78 is 24.0. The Hall–Kier alpha value is -2.05. The molecule has 1 saturated carbocycles. The number of nitrogens with one attached hydrogen (secondary N) is 1. The Labute approximate surface area is 169 Å². The molecular weight excluding hydrogens is 400 g/mol. The maximum atomic E-state index is 13.4. The molecule has 29 heavy (non-hydrogen) atoms. The van der Waals surface area contributed by atoms with E-state index in [9.17, 15) is 23.1 Å². The monoisotopic (exact) mass is 428 g/mol. The topological polar surface area (TPSA) is 161 Å². The molecule has 1 aliphatic heterocycles. The molecular formula is C17H28N6O5S. The van der Waals surface area contributed by atoms with Crippen molar-refractivity contribution in [3.63, 3.8) is 0 Å². The van der Waals surface area contributed by atoms with E-state index in [1.165, 1.54) is 22.8 Å². The van der Waals surface area contributed by atoms with Gasteiger partial charge in [0, 0.05) is 20.0 Å². The summed E-state index contributed by atoms with van der Waals surface area (Å²) in [6, 6.07) is -1.63. The number of likely N-dealkylation sites (tertiary alicyclic amines) is 1. The predicted octanol–water partition coefficient (Wildman–Crippen LogP) is -1.15. The first-order valence-electron chi connectivity index (χ1n) is 9.46. The second kappa shape index (κ2) is 7.03. The Morgan fingerprint density at radius 3 is 2.48 bits per heavy atom. The van der Waals surface area contributed by atoms with E-state index in [4.69, 9.17) is 5.14 Å². The Kier molecular flexibility index (Phi) is 5.25. The molecule has 1 aliphatic carbocycles. The van der Waals surface area contributed by atoms with Crippen molar-refractivity contribution in [3.8, 4) is 0 Å². The molecule has 3 atom stereocenters. The molecule has 2 heterocycles. The minimum Gasteiger partial charge on any atom is -0.391 e. The lowest BCUT2D eigenvalue weighted by Gasteiger charge is -2.34. The first kappa shape index (κ1) is 21.7. The molecule has 1 aromatic heterocycles. The highest BCUT2D eigenvalue weighted by atomic mass is 32.2. The van der Waals surface area contributed by atoms with E-state index in [2.05, 4.69) is 15.6 Å². The number of carbonyl (C=O) groups excluding carboxylic acids is 2. The molecule has 2 unspecified atom stereocenters. The van der Waals surface area contributed by atoms with Gasteiger partial charge in [-0.25, -0.2) is 18.2 Å². The maximum absolute atomic E-state index is 13.4. The fraction of sp³-hybridized carbons (Fsp3) is 0.765. The van der Waals surface area contributed by atoms with Gasteiger partial charge in [0.2, 0.25) is 21.8 Å². The second-order valence-electron chi connectivity index (χ2n) is 8.90. The highest BCUT2D eigenvalue weighted by molar-refractivity contribution is 7.90. The number of aliphatic hydroxyl groups excluding tert-OH is 1. The fourth-order valence-corrected chi connectivity index (χ4v) is 4.98. The number of carbonyl (C=O) groups is 2. The van der Waals surface area contributed by atoms with Crippen molar-refractivity contribution in [2.75, 3.05) is 13.6 Å². The summed E-state index contributed by atoms with van der Waals surface area (Å²) in [6.45, 7) is 5.55. The van der Waals surface area contributed by atoms with E-state index in [0.717, 1.165) is 0 Å². The van der Waals surface area contributed by atoms with E-state index in [0.29, 0.717) is 12.8 Å². The Bertz CT molecular complexity index is 917. The molecule has 11 nitrogen and oxygen atoms in total. The first-order valence-corrected chi connectivity index (χ1v) is 11.0. The van der Waals surface area contributed by atoms with Gasteiger partial charge in [-0.2, -0.15) is 0 Å². The number of rotatable bonds is 5. The molecule has 12 heteroatoms. The molecule has 3 rings (SSSR count). The predicted molar refractivity (Wildman–Crippen MR) is 103 cm³/mol. The van der Waals surface area contributed by atoms with E-state index in [1.807, 2.05) is 20.8 Å². The van der Waals surface area contributed by atoms with Crippen molar-refractivity contribution in [2.24, 2.45) is 10.6 Å². The van der Waals surface area contributed by atoms with Gasteiger partial charge in [-0.15, -0.1) is 5.10 Å². The summed E-state index contributed by atoms with van der Waals surface area (Å²) in [4.78, 5) is 27.0. The van der Waals surface area contributed by atoms with Gasteiger partial charge >= 0.3 is 0 Å². The molecule has 1 saturated heterocycles. The molecule has 0 radical (unpaired) electrons. The molecule has 0 bridgehead atoms. The fourth-order valence-electron chi connectivity index (χ4n) is 3.92. The van der Waals surface area contributed by atoms with E-state index in [1.54, 1.807) is 0 Å². The Balaban J connectivity index is 1.96. The molecule has 0 spiro atoms. The number of likely N-dealkylation sites (N-methyl/N-ethyl adjacent to an activating group) is 1. The molecule has 2 amide bonds. The lowest BCUT2D eigenvalue weighted by Crippen LogP contribution is -2.49. The molecule has 4 N–H and O–H groups in total. The lowest BCUT2D eigenvalue weighted by atomic mass is 9.85. The van der Waals surface area contributed by atoms with Crippen LogP contribution in [0, 0.1) is 5.41 Å². The van der Waals surface area contributed by atoms with Crippen molar-refractivity contribution in [3.05, 3.63) is 11.9 Å². The Morgan fingerprint density at radius 2 is 2.00 bits per heavy atom. The number of aromatic nitrogens is 3. The van der Waals surface area contributed by atoms with Gasteiger partial charge in [0.1, 0.15) is 22.5 Å². The van der Waals surface area contributed by atoms with Crippen LogP contribution in [0.2, 0.25) is 0 Å². The van der Waals surface area contributed by atoms with Crippen molar-refractivity contribution < 1.29 is 23.1 Å². The highest BCUT2D eigenvalue weighted by Crippen LogP contribution is 2.50. The number of nitrogens with zero attached hydrogens (tertiary/aromatic N) is 4. The highest BCUT2D eigenvalue weighted by Gasteiger charge is 2.57. The number of β-amino-alcohol motifs (C(OH)–C–C–N with tert-alkyl or cyclic N) is 1. The van der Waals surface area contributed by atoms with Crippen LogP contribution in [-0.4, -0.2) is 71.0 Å². The normalized spacial score (nSPS) is 25.0. The van der Waals surface area contributed by atoms with Crippen molar-refractivity contribution in [1.29, 1.82) is 0 Å². The van der Waals surface area contributed by atoms with Crippen LogP contribution in [-0.2, 0) is 24.4 Å². The van der Waals surface area contributed by atoms with Gasteiger partial charge in [-0.05, 0) is 18.3 Å². The summed E-state index contributed by atoms with van der Waals surface area (Å²) in [5.74, 6) is -0.743. The van der Waals surface area contributed by atoms with E-state index >= 15 is 0 Å². The third kappa shape index (κ3) is 3.76. The summed E-state index contributed by atoms with van der Waals surface area (Å²) in [5, 5.41) is 26.0. The summed E-state index contributed by atoms with van der Waals surface area (Å²) >= 11 is 0. The van der Waals surface area contributed by atoms with Crippen LogP contribution in [0.1, 0.15) is 51.8 Å². The largest absolute Gasteiger partial charge is 0.391 e. The molecule has 162 valence electrons. The molecule has 0 aromatic carbocycles. The van der Waals surface area contributed by atoms with Gasteiger partial charge in [-0.3, -0.25) is 9.59 Å². The van der Waals surface area contributed by atoms with Crippen LogP contribution in [0.5, 0.6) is 0 Å². The average Bonchev–Trinajstić information content (AvgIpc) is 3.14. The van der Waals surface area contributed by atoms with Crippen molar-refractivity contribution in [1.82, 2.24) is 25.2 Å². The van der Waals surface area contributed by atoms with Crippen LogP contribution >= 0.6 is 0 Å². The molecule has 2 aliphatic rings. The second-order valence-corrected chi connectivity index (χ2v) is 10.8. The summed E-state index contributed by atoms with van der Waals surface area (Å²) in [6.07, 6.45) is 1.52. The van der Waals surface area contributed by atoms with Crippen molar-refractivity contribution in [2.45, 2.75) is 63.0 Å². The third-order valence-corrected chi connectivity index (χ3v) is 7.36. The summed E-state index contributed by atoms with van der Waals surface area (Å²) in [7, 11) is -2.38. The van der Waals surface area contributed by atoms with Crippen LogP contribution in [0.25, 0.3) is 0 Å². The number of hydrogen-bond acceptors (Lipinski definition) is 7. The Morgan fingerprint density at radius 1 is 1.38 bits per heavy atom. The number of nitrogens with two attached hydrogens (primary N) is 1. The minimum atomic E-state index is -3.86. The number of amides is 2. The quantitative estimate of drug-likeness (QED) is 0.533. The smallest absolute Gasteiger partial charge is 0.248 e. The average molecular weight is 429 g/mol. The SMILES string of the molecule is CNC(=O)C1CC(O)CN1C(=O)[C@@H](n1cc(C2(S(N)(=O)=O)CC2)nn1)C(C)(C)C. The van der Waals surface area contributed by atoms with Gasteiger partial charge in [0.25, 0.3) is 0 Å². The standard InChI is InChI=1S/C17H28N6O5S/c1-16(2,3)13(15(26)22-8-10(24)7-11(22)14(25)19-4)23-9-12(20-21-23)17(5-6-17)29(18,27)28/h9-11,13,24H,5-8H2,1-4H3,(H,19,25)(H2,18,27,28)/t10?,11?,13-/m1/s1. The van der Waals surface area contributed by atoms with Crippen LogP contribution in [0.3, 0.4) is 0 Å². The first-order chi connectivity index (χ1) is 13.3. The van der Waals surface area contributed by atoms with Gasteiger partial charge in [-0.1, -0.05) is 26.0 Å². The lowest BCUT2D eigenvalue weighted by molar-refractivity contribution is -0.144. The number of aliphatic hydroxyl groups is 1. The van der Waals surface area contributed by atoms with E-state index in [-0.39, 0.29) is 30.5 Å². The zero-order valence-corrected chi connectivity index (χ0v) is 17.8. The number of hydrogen-bond donors (Lipinski definition) is 3. The zero-order chi connectivity index (χ0) is 21.8. The van der Waals surface area contributed by atoms with Crippen LogP contribution < -0.4 is 10.5 Å². The van der Waals surface area contributed by atoms with Gasteiger partial charge in [0.05, 0.1) is 12.3 Å². The van der Waals surface area contributed by atoms with Gasteiger partial charge < -0.3 is 15.3 Å². The zero-order valence-electron chi connectivity index (χ0n) is 17.0. The van der Waals surface area contributed by atoms with Gasteiger partial charge in [0.15, 0.2) is 0 Å². The number of primary sulfonamides is 1. The third-order valence-electron chi connectivity index (χ3n) is 5.66. The molecule has 2 fully saturated rings. The summed E-state index contributed by atoms with van der Waals surface area (Å²) in [5.41, 5.74) is -0.410.